The van der Waals surface area contributed by atoms with Crippen molar-refractivity contribution in [3.63, 3.8) is 0 Å². The van der Waals surface area contributed by atoms with Crippen LogP contribution in [0.4, 0.5) is 13.2 Å². The average molecular weight is 733 g/mol. The van der Waals surface area contributed by atoms with Crippen LogP contribution < -0.4 is 4.74 Å². The molecule has 8 nitrogen and oxygen atoms in total. The number of halogens is 5. The summed E-state index contributed by atoms with van der Waals surface area (Å²) in [5.74, 6) is -2.79. The third-order valence-electron chi connectivity index (χ3n) is 5.66. The average Bonchev–Trinajstić information content (AvgIpc) is 3.27. The predicted octanol–water partition coefficient (Wildman–Crippen LogP) is 3.44. The van der Waals surface area contributed by atoms with Crippen LogP contribution in [-0.2, 0) is 24.4 Å². The molecule has 2 saturated heterocycles. The van der Waals surface area contributed by atoms with Crippen LogP contribution in [0.3, 0.4) is 0 Å². The zero-order valence-corrected chi connectivity index (χ0v) is 22.2. The summed E-state index contributed by atoms with van der Waals surface area (Å²) in [6, 6.07) is 3.50. The fourth-order valence-electron chi connectivity index (χ4n) is 4.01. The lowest BCUT2D eigenvalue weighted by atomic mass is 9.84. The Labute approximate surface area is 217 Å². The van der Waals surface area contributed by atoms with Crippen LogP contribution in [0.15, 0.2) is 12.1 Å². The summed E-state index contributed by atoms with van der Waals surface area (Å²) in [6.07, 6.45) is -4.02. The van der Waals surface area contributed by atoms with E-state index in [4.69, 9.17) is 14.2 Å². The molecule has 0 amide bonds. The minimum atomic E-state index is -6.18. The van der Waals surface area contributed by atoms with Gasteiger partial charge in [0.1, 0.15) is 11.3 Å². The Balaban J connectivity index is 1.37. The van der Waals surface area contributed by atoms with Crippen LogP contribution in [-0.4, -0.2) is 59.2 Å². The molecule has 3 aliphatic rings. The van der Waals surface area contributed by atoms with E-state index in [1.807, 2.05) is 28.7 Å². The number of hydrogen-bond donors (Lipinski definition) is 0. The lowest BCUT2D eigenvalue weighted by Gasteiger charge is -2.40. The molecule has 0 aromatic heterocycles. The fraction of sp³-hybridized carbons (Fsp3) is 0.556. The number of thioether (sulfide) groups is 1. The van der Waals surface area contributed by atoms with Crippen molar-refractivity contribution >= 4 is 79.0 Å². The summed E-state index contributed by atoms with van der Waals surface area (Å²) < 4.78 is 89.5. The number of benzene rings is 1. The van der Waals surface area contributed by atoms with E-state index in [2.05, 4.69) is 22.6 Å². The van der Waals surface area contributed by atoms with Crippen LogP contribution >= 0.6 is 56.9 Å². The van der Waals surface area contributed by atoms with E-state index in [9.17, 15) is 35.7 Å². The van der Waals surface area contributed by atoms with Crippen LogP contribution in [0.2, 0.25) is 0 Å². The molecule has 0 saturated carbocycles. The van der Waals surface area contributed by atoms with Gasteiger partial charge in [0.2, 0.25) is 0 Å². The van der Waals surface area contributed by atoms with Gasteiger partial charge in [-0.05, 0) is 63.7 Å². The summed E-state index contributed by atoms with van der Waals surface area (Å²) in [6.45, 7) is -0.815. The van der Waals surface area contributed by atoms with E-state index >= 15 is 0 Å². The van der Waals surface area contributed by atoms with Crippen molar-refractivity contribution in [3.05, 3.63) is 24.8 Å². The van der Waals surface area contributed by atoms with Crippen LogP contribution in [0.25, 0.3) is 0 Å². The maximum absolute atomic E-state index is 13.5. The Morgan fingerprint density at radius 1 is 1.36 bits per heavy atom. The van der Waals surface area contributed by atoms with Gasteiger partial charge in [-0.2, -0.15) is 8.78 Å². The summed E-state index contributed by atoms with van der Waals surface area (Å²) in [7, 11) is -6.18. The SMILES string of the molecule is O=C1OC2(CC3SC2CC3C(=O)OCCC(F)C(F)(F)S(=O)(=O)[O-])Oc2ccc(I)c(I)c21. The molecule has 15 heteroatoms. The van der Waals surface area contributed by atoms with Crippen molar-refractivity contribution < 1.29 is 49.9 Å². The summed E-state index contributed by atoms with van der Waals surface area (Å²) in [5, 5.41) is -5.83. The standard InChI is InChI=1S/C18H15F3I2O8S2/c19-11(18(20,21)33(26,27)28)3-4-29-15(24)7-5-12-17(6-10(7)32-12)30-9-2-1-8(22)14(23)13(9)16(25)31-17/h1-2,7,10-12H,3-6H2,(H,26,27,28)/p-1. The van der Waals surface area contributed by atoms with Crippen molar-refractivity contribution in [2.75, 3.05) is 6.61 Å². The van der Waals surface area contributed by atoms with E-state index in [1.54, 1.807) is 6.07 Å². The summed E-state index contributed by atoms with van der Waals surface area (Å²) >= 11 is 5.52. The molecule has 4 rings (SSSR count). The van der Waals surface area contributed by atoms with Gasteiger partial charge in [-0.3, -0.25) is 4.79 Å². The van der Waals surface area contributed by atoms with E-state index in [1.165, 1.54) is 11.8 Å². The van der Waals surface area contributed by atoms with Gasteiger partial charge in [-0.15, -0.1) is 11.8 Å². The van der Waals surface area contributed by atoms with Crippen molar-refractivity contribution in [2.45, 2.75) is 47.0 Å². The molecule has 2 bridgehead atoms. The Morgan fingerprint density at radius 2 is 2.06 bits per heavy atom. The molecule has 1 aromatic rings. The summed E-state index contributed by atoms with van der Waals surface area (Å²) in [4.78, 5) is 25.1. The highest BCUT2D eigenvalue weighted by molar-refractivity contribution is 14.1. The van der Waals surface area contributed by atoms with Crippen molar-refractivity contribution in [1.29, 1.82) is 0 Å². The number of carbonyl (C=O) groups is 2. The molecule has 33 heavy (non-hydrogen) atoms. The first kappa shape index (κ1) is 25.6. The van der Waals surface area contributed by atoms with Gasteiger partial charge in [-0.1, -0.05) is 0 Å². The topological polar surface area (TPSA) is 119 Å². The molecule has 2 fully saturated rings. The van der Waals surface area contributed by atoms with Crippen LogP contribution in [0, 0.1) is 13.1 Å². The largest absolute Gasteiger partial charge is 0.743 e. The highest BCUT2D eigenvalue weighted by Gasteiger charge is 2.64. The molecule has 5 atom stereocenters. The molecular formula is C18H14F3I2O8S2-. The first-order valence-electron chi connectivity index (χ1n) is 9.46. The molecule has 3 aliphatic heterocycles. The van der Waals surface area contributed by atoms with E-state index in [-0.39, 0.29) is 23.3 Å². The lowest BCUT2D eigenvalue weighted by molar-refractivity contribution is -0.172. The number of fused-ring (bicyclic) bond motifs is 4. The van der Waals surface area contributed by atoms with Gasteiger partial charge >= 0.3 is 17.2 Å². The molecule has 0 radical (unpaired) electrons. The lowest BCUT2D eigenvalue weighted by Crippen LogP contribution is -2.53. The van der Waals surface area contributed by atoms with Crippen LogP contribution in [0.1, 0.15) is 29.6 Å². The molecule has 5 unspecified atom stereocenters. The highest BCUT2D eigenvalue weighted by atomic mass is 127. The van der Waals surface area contributed by atoms with E-state index < -0.39 is 58.2 Å². The number of hydrogen-bond acceptors (Lipinski definition) is 9. The van der Waals surface area contributed by atoms with Crippen molar-refractivity contribution in [3.8, 4) is 5.75 Å². The normalized spacial score (nSPS) is 29.4. The number of carbonyl (C=O) groups excluding carboxylic acids is 2. The number of ether oxygens (including phenoxy) is 3. The highest BCUT2D eigenvalue weighted by Crippen LogP contribution is 2.58. The first-order valence-corrected chi connectivity index (χ1v) is 14.0. The van der Waals surface area contributed by atoms with Crippen LogP contribution in [0.5, 0.6) is 5.75 Å². The monoisotopic (exact) mass is 733 g/mol. The van der Waals surface area contributed by atoms with Gasteiger partial charge in [0.05, 0.1) is 17.8 Å². The third kappa shape index (κ3) is 4.44. The van der Waals surface area contributed by atoms with E-state index in [0.717, 1.165) is 3.57 Å². The number of rotatable bonds is 6. The Bertz CT molecular complexity index is 1120. The summed E-state index contributed by atoms with van der Waals surface area (Å²) in [5.41, 5.74) is 0.342. The smallest absolute Gasteiger partial charge is 0.364 e. The molecule has 0 N–H and O–H groups in total. The number of alkyl halides is 3. The molecular weight excluding hydrogens is 719 g/mol. The Kier molecular flexibility index (Phi) is 6.85. The fourth-order valence-corrected chi connectivity index (χ4v) is 7.44. The maximum atomic E-state index is 13.5. The van der Waals surface area contributed by atoms with Crippen molar-refractivity contribution in [2.24, 2.45) is 5.92 Å². The van der Waals surface area contributed by atoms with Crippen molar-refractivity contribution in [1.82, 2.24) is 0 Å². The van der Waals surface area contributed by atoms with Gasteiger partial charge in [0.15, 0.2) is 16.3 Å². The minimum Gasteiger partial charge on any atom is -0.743 e. The Hall–Kier alpha value is -0.530. The second-order valence-electron chi connectivity index (χ2n) is 7.69. The second-order valence-corrected chi connectivity index (χ2v) is 12.8. The van der Waals surface area contributed by atoms with E-state index in [0.29, 0.717) is 14.9 Å². The molecule has 1 spiro atoms. The van der Waals surface area contributed by atoms with Gasteiger partial charge in [-0.25, -0.2) is 17.6 Å². The predicted molar refractivity (Wildman–Crippen MR) is 124 cm³/mol. The molecule has 1 aromatic carbocycles. The quantitative estimate of drug-likeness (QED) is 0.246. The third-order valence-corrected chi connectivity index (χ3v) is 11.4. The minimum absolute atomic E-state index is 0.202. The molecule has 182 valence electrons. The van der Waals surface area contributed by atoms with Gasteiger partial charge in [0.25, 0.3) is 5.79 Å². The second kappa shape index (κ2) is 8.85. The first-order chi connectivity index (χ1) is 15.3. The van der Waals surface area contributed by atoms with Gasteiger partial charge < -0.3 is 18.8 Å². The van der Waals surface area contributed by atoms with Gasteiger partial charge in [0, 0.05) is 25.2 Å². The zero-order valence-electron chi connectivity index (χ0n) is 16.3. The number of esters is 2. The maximum Gasteiger partial charge on any atom is 0.364 e. The molecule has 3 heterocycles. The zero-order chi connectivity index (χ0) is 24.3. The molecule has 0 aliphatic carbocycles. The Morgan fingerprint density at radius 3 is 2.67 bits per heavy atom.